The van der Waals surface area contributed by atoms with Gasteiger partial charge in [-0.15, -0.1) is 0 Å². The van der Waals surface area contributed by atoms with Crippen molar-refractivity contribution in [2.45, 2.75) is 6.54 Å². The van der Waals surface area contributed by atoms with Gasteiger partial charge in [0, 0.05) is 20.1 Å². The van der Waals surface area contributed by atoms with E-state index in [4.69, 9.17) is 14.2 Å². The number of benzene rings is 2. The summed E-state index contributed by atoms with van der Waals surface area (Å²) in [6, 6.07) is 12.0. The lowest BCUT2D eigenvalue weighted by atomic mass is 10.2. The van der Waals surface area contributed by atoms with Crippen molar-refractivity contribution in [3.63, 3.8) is 0 Å². The Morgan fingerprint density at radius 2 is 1.68 bits per heavy atom. The number of halogens is 1. The molecule has 0 aliphatic carbocycles. The van der Waals surface area contributed by atoms with Crippen molar-refractivity contribution < 1.29 is 23.4 Å². The first-order valence-corrected chi connectivity index (χ1v) is 8.94. The van der Waals surface area contributed by atoms with Gasteiger partial charge in [0.2, 0.25) is 5.91 Å². The molecule has 0 heterocycles. The van der Waals surface area contributed by atoms with E-state index in [2.05, 4.69) is 0 Å². The Morgan fingerprint density at radius 3 is 2.29 bits per heavy atom. The predicted octanol–water partition coefficient (Wildman–Crippen LogP) is 2.81. The van der Waals surface area contributed by atoms with Crippen LogP contribution in [0.5, 0.6) is 17.2 Å². The molecule has 6 nitrogen and oxygen atoms in total. The van der Waals surface area contributed by atoms with Crippen LogP contribution in [-0.4, -0.2) is 63.7 Å². The summed E-state index contributed by atoms with van der Waals surface area (Å²) in [6.45, 7) is 1.64. The average molecular weight is 390 g/mol. The second-order valence-electron chi connectivity index (χ2n) is 6.48. The van der Waals surface area contributed by atoms with Gasteiger partial charge in [0.1, 0.15) is 18.1 Å². The number of rotatable bonds is 10. The van der Waals surface area contributed by atoms with E-state index in [-0.39, 0.29) is 18.2 Å². The van der Waals surface area contributed by atoms with Crippen molar-refractivity contribution >= 4 is 5.91 Å². The summed E-state index contributed by atoms with van der Waals surface area (Å²) in [7, 11) is 6.59. The number of nitrogens with zero attached hydrogens (tertiary/aromatic N) is 2. The van der Waals surface area contributed by atoms with Crippen LogP contribution in [0.2, 0.25) is 0 Å². The number of amides is 1. The molecule has 0 bridgehead atoms. The zero-order valence-electron chi connectivity index (χ0n) is 16.8. The zero-order valence-corrected chi connectivity index (χ0v) is 16.8. The fraction of sp³-hybridized carbons (Fsp3) is 0.381. The summed E-state index contributed by atoms with van der Waals surface area (Å²) in [5.74, 6) is 1.22. The summed E-state index contributed by atoms with van der Waals surface area (Å²) in [5, 5.41) is 0. The quantitative estimate of drug-likeness (QED) is 0.624. The SMILES string of the molecule is COc1ccc(OCCN(C)CC(=O)N(C)Cc2ccc(OC)c(F)c2)cc1. The number of carbonyl (C=O) groups excluding carboxylic acids is 1. The van der Waals surface area contributed by atoms with Gasteiger partial charge in [-0.1, -0.05) is 6.07 Å². The maximum absolute atomic E-state index is 13.8. The standard InChI is InChI=1S/C21H27FN2O4/c1-23(11-12-28-18-8-6-17(26-3)7-9-18)15-21(25)24(2)14-16-5-10-20(27-4)19(22)13-16/h5-10,13H,11-12,14-15H2,1-4H3. The molecule has 0 aromatic heterocycles. The van der Waals surface area contributed by atoms with Crippen LogP contribution in [-0.2, 0) is 11.3 Å². The van der Waals surface area contributed by atoms with E-state index in [1.165, 1.54) is 13.2 Å². The normalized spacial score (nSPS) is 10.6. The summed E-state index contributed by atoms with van der Waals surface area (Å²) >= 11 is 0. The van der Waals surface area contributed by atoms with Crippen molar-refractivity contribution in [1.82, 2.24) is 9.80 Å². The Kier molecular flexibility index (Phi) is 8.07. The molecule has 152 valence electrons. The van der Waals surface area contributed by atoms with Gasteiger partial charge in [0.25, 0.3) is 0 Å². The average Bonchev–Trinajstić information content (AvgIpc) is 2.68. The summed E-state index contributed by atoms with van der Waals surface area (Å²) < 4.78 is 29.5. The van der Waals surface area contributed by atoms with Crippen LogP contribution in [0.15, 0.2) is 42.5 Å². The van der Waals surface area contributed by atoms with E-state index in [0.717, 1.165) is 11.5 Å². The van der Waals surface area contributed by atoms with Gasteiger partial charge >= 0.3 is 0 Å². The molecule has 0 atom stereocenters. The lowest BCUT2D eigenvalue weighted by Gasteiger charge is -2.22. The highest BCUT2D eigenvalue weighted by molar-refractivity contribution is 5.77. The van der Waals surface area contributed by atoms with Gasteiger partial charge in [0.05, 0.1) is 20.8 Å². The molecule has 0 spiro atoms. The molecule has 0 N–H and O–H groups in total. The monoisotopic (exact) mass is 390 g/mol. The maximum Gasteiger partial charge on any atom is 0.236 e. The minimum atomic E-state index is -0.436. The lowest BCUT2D eigenvalue weighted by Crippen LogP contribution is -2.37. The van der Waals surface area contributed by atoms with Gasteiger partial charge < -0.3 is 19.1 Å². The predicted molar refractivity (Wildman–Crippen MR) is 105 cm³/mol. The molecule has 0 aliphatic heterocycles. The van der Waals surface area contributed by atoms with E-state index >= 15 is 0 Å². The van der Waals surface area contributed by atoms with E-state index < -0.39 is 5.82 Å². The highest BCUT2D eigenvalue weighted by Crippen LogP contribution is 2.19. The molecule has 0 saturated carbocycles. The zero-order chi connectivity index (χ0) is 20.5. The van der Waals surface area contributed by atoms with Crippen molar-refractivity contribution in [2.75, 3.05) is 48.0 Å². The first kappa shape index (κ1) is 21.5. The minimum absolute atomic E-state index is 0.0526. The Hall–Kier alpha value is -2.80. The number of likely N-dealkylation sites (N-methyl/N-ethyl adjacent to an activating group) is 2. The molecule has 2 aromatic carbocycles. The van der Waals surface area contributed by atoms with Gasteiger partial charge in [-0.3, -0.25) is 9.69 Å². The molecule has 7 heteroatoms. The molecule has 1 amide bonds. The van der Waals surface area contributed by atoms with Crippen LogP contribution in [0.25, 0.3) is 0 Å². The van der Waals surface area contributed by atoms with Gasteiger partial charge in [-0.25, -0.2) is 4.39 Å². The van der Waals surface area contributed by atoms with Crippen LogP contribution in [0.3, 0.4) is 0 Å². The summed E-state index contributed by atoms with van der Waals surface area (Å²) in [6.07, 6.45) is 0. The Bertz CT molecular complexity index is 768. The Labute approximate surface area is 165 Å². The largest absolute Gasteiger partial charge is 0.497 e. The molecule has 0 unspecified atom stereocenters. The van der Waals surface area contributed by atoms with Crippen molar-refractivity contribution in [3.05, 3.63) is 53.8 Å². The highest BCUT2D eigenvalue weighted by atomic mass is 19.1. The van der Waals surface area contributed by atoms with Crippen LogP contribution >= 0.6 is 0 Å². The van der Waals surface area contributed by atoms with Crippen molar-refractivity contribution in [1.29, 1.82) is 0 Å². The molecular weight excluding hydrogens is 363 g/mol. The summed E-state index contributed by atoms with van der Waals surface area (Å²) in [5.41, 5.74) is 0.708. The maximum atomic E-state index is 13.8. The van der Waals surface area contributed by atoms with Gasteiger partial charge in [0.15, 0.2) is 11.6 Å². The highest BCUT2D eigenvalue weighted by Gasteiger charge is 2.13. The number of hydrogen-bond donors (Lipinski definition) is 0. The van der Waals surface area contributed by atoms with E-state index in [1.807, 2.05) is 36.2 Å². The van der Waals surface area contributed by atoms with Crippen LogP contribution < -0.4 is 14.2 Å². The fourth-order valence-corrected chi connectivity index (χ4v) is 2.59. The number of methoxy groups -OCH3 is 2. The Balaban J connectivity index is 1.75. The molecule has 0 saturated heterocycles. The minimum Gasteiger partial charge on any atom is -0.497 e. The lowest BCUT2D eigenvalue weighted by molar-refractivity contribution is -0.131. The first-order valence-electron chi connectivity index (χ1n) is 8.94. The second-order valence-corrected chi connectivity index (χ2v) is 6.48. The second kappa shape index (κ2) is 10.5. The molecular formula is C21H27FN2O4. The van der Waals surface area contributed by atoms with Gasteiger partial charge in [-0.05, 0) is 49.0 Å². The number of hydrogen-bond acceptors (Lipinski definition) is 5. The number of carbonyl (C=O) groups is 1. The fourth-order valence-electron chi connectivity index (χ4n) is 2.59. The van der Waals surface area contributed by atoms with Crippen molar-refractivity contribution in [2.24, 2.45) is 0 Å². The van der Waals surface area contributed by atoms with E-state index in [9.17, 15) is 9.18 Å². The Morgan fingerprint density at radius 1 is 1.00 bits per heavy atom. The molecule has 28 heavy (non-hydrogen) atoms. The number of ether oxygens (including phenoxy) is 3. The topological polar surface area (TPSA) is 51.2 Å². The smallest absolute Gasteiger partial charge is 0.236 e. The van der Waals surface area contributed by atoms with E-state index in [0.29, 0.717) is 25.3 Å². The molecule has 0 fully saturated rings. The molecule has 2 aromatic rings. The molecule has 0 aliphatic rings. The summed E-state index contributed by atoms with van der Waals surface area (Å²) in [4.78, 5) is 15.8. The van der Waals surface area contributed by atoms with Crippen LogP contribution in [0.1, 0.15) is 5.56 Å². The third-order valence-corrected chi connectivity index (χ3v) is 4.27. The van der Waals surface area contributed by atoms with Crippen LogP contribution in [0.4, 0.5) is 4.39 Å². The first-order chi connectivity index (χ1) is 13.4. The van der Waals surface area contributed by atoms with Crippen LogP contribution in [0, 0.1) is 5.82 Å². The van der Waals surface area contributed by atoms with Gasteiger partial charge in [-0.2, -0.15) is 0 Å². The van der Waals surface area contributed by atoms with Crippen molar-refractivity contribution in [3.8, 4) is 17.2 Å². The molecule has 2 rings (SSSR count). The third kappa shape index (κ3) is 6.42. The molecule has 0 radical (unpaired) electrons. The van der Waals surface area contributed by atoms with E-state index in [1.54, 1.807) is 31.2 Å². The third-order valence-electron chi connectivity index (χ3n) is 4.27.